The van der Waals surface area contributed by atoms with Gasteiger partial charge in [0.2, 0.25) is 0 Å². The summed E-state index contributed by atoms with van der Waals surface area (Å²) < 4.78 is 88.5. The summed E-state index contributed by atoms with van der Waals surface area (Å²) in [6.07, 6.45) is 0.378. The van der Waals surface area contributed by atoms with Gasteiger partial charge in [0.15, 0.2) is 5.34 Å². The molecule has 15 nitrogen and oxygen atoms in total. The molecule has 0 fully saturated rings. The normalized spacial score (nSPS) is 19.3. The van der Waals surface area contributed by atoms with E-state index in [1.807, 2.05) is 0 Å². The van der Waals surface area contributed by atoms with Crippen molar-refractivity contribution in [2.75, 3.05) is 33.0 Å². The molecule has 0 spiro atoms. The minimum Gasteiger partial charge on any atom is -0.396 e. The highest BCUT2D eigenvalue weighted by Gasteiger charge is 2.43. The molecule has 0 aromatic heterocycles. The molecule has 0 saturated heterocycles. The second-order valence-corrected chi connectivity index (χ2v) is 17.6. The molecule has 5 unspecified atom stereocenters. The van der Waals surface area contributed by atoms with Gasteiger partial charge in [0.25, 0.3) is 0 Å². The van der Waals surface area contributed by atoms with Crippen molar-refractivity contribution in [1.29, 1.82) is 0 Å². The third-order valence-corrected chi connectivity index (χ3v) is 10.4. The maximum atomic E-state index is 13.1. The largest absolute Gasteiger partial charge is 0.472 e. The summed E-state index contributed by atoms with van der Waals surface area (Å²) in [6.45, 7) is 9.54. The zero-order chi connectivity index (χ0) is 34.0. The lowest BCUT2D eigenvalue weighted by Crippen LogP contribution is -2.40. The van der Waals surface area contributed by atoms with Crippen LogP contribution in [-0.4, -0.2) is 79.7 Å². The van der Waals surface area contributed by atoms with E-state index in [4.69, 9.17) is 28.1 Å². The Morgan fingerprint density at radius 2 is 1.33 bits per heavy atom. The number of ether oxygens (including phenoxy) is 1. The summed E-state index contributed by atoms with van der Waals surface area (Å²) in [4.78, 5) is 38.8. The van der Waals surface area contributed by atoms with Gasteiger partial charge in [0, 0.05) is 29.5 Å². The first-order chi connectivity index (χ1) is 19.3. The molecule has 0 aromatic rings. The third kappa shape index (κ3) is 17.5. The lowest BCUT2D eigenvalue weighted by molar-refractivity contribution is -0.0256. The van der Waals surface area contributed by atoms with Crippen LogP contribution in [0.15, 0.2) is 0 Å². The molecule has 0 amide bonds. The number of hydrogen-bond acceptors (Lipinski definition) is 11. The predicted molar refractivity (Wildman–Crippen MR) is 154 cm³/mol. The number of halogens is 2. The Kier molecular flexibility index (Phi) is 17.3. The molecule has 0 heterocycles. The summed E-state index contributed by atoms with van der Waals surface area (Å²) >= 11 is 0. The average Bonchev–Trinajstić information content (AvgIpc) is 2.86. The van der Waals surface area contributed by atoms with E-state index in [-0.39, 0.29) is 32.5 Å². The van der Waals surface area contributed by atoms with E-state index >= 15 is 0 Å². The first-order valence-corrected chi connectivity index (χ1v) is 18.2. The van der Waals surface area contributed by atoms with Crippen molar-refractivity contribution in [3.05, 3.63) is 0 Å². The van der Waals surface area contributed by atoms with Crippen LogP contribution in [0.5, 0.6) is 0 Å². The molecular formula is C23H51F2N2O13P3. The molecule has 43 heavy (non-hydrogen) atoms. The molecule has 0 aliphatic carbocycles. The Hall–Kier alpha value is 0.0700. The van der Waals surface area contributed by atoms with Gasteiger partial charge in [-0.1, -0.05) is 6.92 Å². The van der Waals surface area contributed by atoms with Gasteiger partial charge in [-0.25, -0.2) is 9.13 Å². The summed E-state index contributed by atoms with van der Waals surface area (Å²) in [6, 6.07) is 0. The Labute approximate surface area is 252 Å². The molecule has 7 N–H and O–H groups in total. The number of rotatable bonds is 24. The topological polar surface area (TPSA) is 223 Å². The van der Waals surface area contributed by atoms with Gasteiger partial charge in [0.1, 0.15) is 0 Å². The first-order valence-electron chi connectivity index (χ1n) is 13.6. The summed E-state index contributed by atoms with van der Waals surface area (Å²) in [5, 5.41) is 7.78. The van der Waals surface area contributed by atoms with Gasteiger partial charge >= 0.3 is 23.2 Å². The van der Waals surface area contributed by atoms with Crippen LogP contribution in [0.3, 0.4) is 0 Å². The van der Waals surface area contributed by atoms with Crippen LogP contribution in [0.2, 0.25) is 0 Å². The minimum absolute atomic E-state index is 0.0530. The highest BCUT2D eigenvalue weighted by atomic mass is 31.2. The van der Waals surface area contributed by atoms with Crippen molar-refractivity contribution in [3.63, 3.8) is 0 Å². The van der Waals surface area contributed by atoms with Crippen LogP contribution in [-0.2, 0) is 36.5 Å². The van der Waals surface area contributed by atoms with Crippen LogP contribution >= 0.6 is 23.2 Å². The van der Waals surface area contributed by atoms with Crippen molar-refractivity contribution in [3.8, 4) is 0 Å². The van der Waals surface area contributed by atoms with Crippen molar-refractivity contribution in [2.45, 2.75) is 103 Å². The zero-order valence-electron chi connectivity index (χ0n) is 26.1. The molecule has 0 aliphatic rings. The van der Waals surface area contributed by atoms with E-state index in [1.54, 1.807) is 19.4 Å². The number of aliphatic hydroxyl groups excluding tert-OH is 1. The monoisotopic (exact) mass is 694 g/mol. The molecule has 260 valence electrons. The zero-order valence-corrected chi connectivity index (χ0v) is 28.8. The maximum absolute atomic E-state index is 13.1. The minimum atomic E-state index is -4.87. The summed E-state index contributed by atoms with van der Waals surface area (Å²) in [5.74, 6) is -1.56. The van der Waals surface area contributed by atoms with E-state index in [0.717, 1.165) is 0 Å². The number of phosphoric acid groups is 2. The molecule has 0 aromatic carbocycles. The van der Waals surface area contributed by atoms with Crippen LogP contribution in [0.25, 0.3) is 0 Å². The highest BCUT2D eigenvalue weighted by Crippen LogP contribution is 2.56. The van der Waals surface area contributed by atoms with Crippen molar-refractivity contribution in [1.82, 2.24) is 11.1 Å². The molecule has 0 saturated carbocycles. The molecule has 0 radical (unpaired) electrons. The average molecular weight is 695 g/mol. The molecule has 0 aliphatic heterocycles. The van der Waals surface area contributed by atoms with Crippen molar-refractivity contribution >= 4 is 23.2 Å². The number of hydrogen-bond donors (Lipinski definition) is 7. The maximum Gasteiger partial charge on any atom is 0.472 e. The number of nitrogens with one attached hydrogen (secondary N) is 2. The van der Waals surface area contributed by atoms with Gasteiger partial charge in [-0.05, 0) is 74.1 Å². The molecule has 20 heteroatoms. The summed E-state index contributed by atoms with van der Waals surface area (Å²) in [5.41, 5.74) is -0.252. The van der Waals surface area contributed by atoms with Gasteiger partial charge < -0.3 is 33.9 Å². The van der Waals surface area contributed by atoms with Crippen molar-refractivity contribution < 1.29 is 70.2 Å². The van der Waals surface area contributed by atoms with Crippen LogP contribution in [0.4, 0.5) is 8.96 Å². The van der Waals surface area contributed by atoms with Crippen LogP contribution in [0, 0.1) is 11.8 Å². The fourth-order valence-electron chi connectivity index (χ4n) is 3.77. The Morgan fingerprint density at radius 1 is 0.791 bits per heavy atom. The van der Waals surface area contributed by atoms with Gasteiger partial charge in [-0.2, -0.15) is 11.1 Å². The van der Waals surface area contributed by atoms with Gasteiger partial charge in [-0.3, -0.25) is 18.1 Å². The van der Waals surface area contributed by atoms with E-state index in [9.17, 15) is 37.6 Å². The van der Waals surface area contributed by atoms with E-state index in [0.29, 0.717) is 6.42 Å². The smallest absolute Gasteiger partial charge is 0.396 e. The Bertz CT molecular complexity index is 980. The standard InChI is InChI=1S/C23H51F2N2O13P3/c1-9-23(8,27-25)13-18(14-28)15-39-43(34,35)40-21(4,5)10-11-36-22(6,7)41(29,30)37-16-19(12-20(2,3)26-24)17-38-42(31,32)33/h18-19,26-28H,9-17H2,1-8H3,(H,29,30)(H,34,35)(H2,31,32,33). The van der Waals surface area contributed by atoms with E-state index < -0.39 is 76.9 Å². The SMILES string of the molecule is CCC(C)(CC(CO)COP(=O)(O)OC(C)(C)CCOC(C)(C)P(=O)(O)OCC(COP(=O)(O)O)CC(C)(C)NF)NF. The lowest BCUT2D eigenvalue weighted by atomic mass is 9.88. The van der Waals surface area contributed by atoms with Gasteiger partial charge in [0.05, 0.1) is 32.0 Å². The Morgan fingerprint density at radius 3 is 1.79 bits per heavy atom. The van der Waals surface area contributed by atoms with Crippen LogP contribution < -0.4 is 11.1 Å². The molecule has 0 bridgehead atoms. The fraction of sp³-hybridized carbons (Fsp3) is 1.00. The lowest BCUT2D eigenvalue weighted by Gasteiger charge is -2.34. The second kappa shape index (κ2) is 17.3. The number of phosphoric ester groups is 2. The Balaban J connectivity index is 5.15. The predicted octanol–water partition coefficient (Wildman–Crippen LogP) is 4.25. The van der Waals surface area contributed by atoms with Crippen molar-refractivity contribution in [2.24, 2.45) is 11.8 Å². The second-order valence-electron chi connectivity index (χ2n) is 12.6. The molecule has 0 rings (SSSR count). The summed E-state index contributed by atoms with van der Waals surface area (Å²) in [7, 11) is -14.1. The molecular weight excluding hydrogens is 643 g/mol. The van der Waals surface area contributed by atoms with E-state index in [1.165, 1.54) is 47.1 Å². The molecule has 5 atom stereocenters. The van der Waals surface area contributed by atoms with Gasteiger partial charge in [-0.15, -0.1) is 8.96 Å². The first kappa shape index (κ1) is 43.1. The fourth-order valence-corrected chi connectivity index (χ4v) is 6.32. The van der Waals surface area contributed by atoms with Crippen LogP contribution in [0.1, 0.15) is 81.1 Å². The quantitative estimate of drug-likeness (QED) is 0.0554. The number of aliphatic hydroxyl groups is 1. The van der Waals surface area contributed by atoms with E-state index in [2.05, 4.69) is 4.52 Å². The third-order valence-electron chi connectivity index (χ3n) is 6.70. The highest BCUT2D eigenvalue weighted by molar-refractivity contribution is 7.54.